The highest BCUT2D eigenvalue weighted by Gasteiger charge is 2.65. The van der Waals surface area contributed by atoms with E-state index < -0.39 is 0 Å². The summed E-state index contributed by atoms with van der Waals surface area (Å²) >= 11 is 0. The van der Waals surface area contributed by atoms with Crippen molar-refractivity contribution in [3.8, 4) is 0 Å². The largest absolute Gasteiger partial charge is 0.0654 e. The van der Waals surface area contributed by atoms with Gasteiger partial charge in [-0.2, -0.15) is 0 Å². The molecule has 1 spiro atoms. The molecule has 2 atom stereocenters. The van der Waals surface area contributed by atoms with E-state index in [1.807, 2.05) is 0 Å². The van der Waals surface area contributed by atoms with E-state index in [2.05, 4.69) is 20.8 Å². The van der Waals surface area contributed by atoms with Crippen molar-refractivity contribution in [2.24, 2.45) is 23.2 Å². The normalized spacial score (nSPS) is 50.8. The van der Waals surface area contributed by atoms with E-state index >= 15 is 0 Å². The van der Waals surface area contributed by atoms with Gasteiger partial charge in [0.1, 0.15) is 0 Å². The lowest BCUT2D eigenvalue weighted by Gasteiger charge is -2.38. The number of hydrogen-bond acceptors (Lipinski definition) is 0. The molecule has 0 heterocycles. The van der Waals surface area contributed by atoms with Crippen LogP contribution in [0.2, 0.25) is 0 Å². The first kappa shape index (κ1) is 8.59. The van der Waals surface area contributed by atoms with Gasteiger partial charge in [0.15, 0.2) is 0 Å². The summed E-state index contributed by atoms with van der Waals surface area (Å²) in [5.74, 6) is 3.27. The van der Waals surface area contributed by atoms with Gasteiger partial charge in [-0.1, -0.05) is 40.0 Å². The van der Waals surface area contributed by atoms with Crippen LogP contribution in [0.25, 0.3) is 0 Å². The molecular weight excluding hydrogens is 144 g/mol. The van der Waals surface area contributed by atoms with Crippen molar-refractivity contribution in [3.63, 3.8) is 0 Å². The summed E-state index contributed by atoms with van der Waals surface area (Å²) in [5.41, 5.74) is 0.870. The van der Waals surface area contributed by atoms with E-state index in [4.69, 9.17) is 0 Å². The second-order valence-electron chi connectivity index (χ2n) is 5.10. The molecule has 2 fully saturated rings. The number of hydrogen-bond donors (Lipinski definition) is 0. The van der Waals surface area contributed by atoms with E-state index in [0.717, 1.165) is 23.2 Å². The number of rotatable bonds is 3. The van der Waals surface area contributed by atoms with E-state index in [0.29, 0.717) is 0 Å². The summed E-state index contributed by atoms with van der Waals surface area (Å²) in [4.78, 5) is 0. The second kappa shape index (κ2) is 2.75. The van der Waals surface area contributed by atoms with Crippen molar-refractivity contribution in [1.29, 1.82) is 0 Å². The fourth-order valence-electron chi connectivity index (χ4n) is 3.86. The van der Waals surface area contributed by atoms with Gasteiger partial charge < -0.3 is 0 Å². The van der Waals surface area contributed by atoms with Crippen LogP contribution in [0.4, 0.5) is 0 Å². The highest BCUT2D eigenvalue weighted by atomic mass is 14.7. The molecule has 0 aliphatic heterocycles. The maximum absolute atomic E-state index is 2.47. The first-order chi connectivity index (χ1) is 5.74. The van der Waals surface area contributed by atoms with Crippen LogP contribution in [0.15, 0.2) is 0 Å². The maximum atomic E-state index is 2.47. The molecule has 0 heteroatoms. The topological polar surface area (TPSA) is 0 Å². The van der Waals surface area contributed by atoms with Crippen molar-refractivity contribution in [3.05, 3.63) is 0 Å². The van der Waals surface area contributed by atoms with Gasteiger partial charge in [-0.25, -0.2) is 0 Å². The molecule has 0 bridgehead atoms. The van der Waals surface area contributed by atoms with Crippen molar-refractivity contribution in [2.45, 2.75) is 52.9 Å². The molecular formula is C12H22. The molecule has 0 radical (unpaired) electrons. The lowest BCUT2D eigenvalue weighted by atomic mass is 9.67. The van der Waals surface area contributed by atoms with Crippen LogP contribution >= 0.6 is 0 Å². The average molecular weight is 166 g/mol. The molecule has 70 valence electrons. The molecule has 0 aromatic heterocycles. The van der Waals surface area contributed by atoms with Gasteiger partial charge in [-0.05, 0) is 36.0 Å². The van der Waals surface area contributed by atoms with Crippen molar-refractivity contribution in [1.82, 2.24) is 0 Å². The summed E-state index contributed by atoms with van der Waals surface area (Å²) < 4.78 is 0. The maximum Gasteiger partial charge on any atom is -0.0233 e. The summed E-state index contributed by atoms with van der Waals surface area (Å²) in [5, 5.41) is 0. The van der Waals surface area contributed by atoms with Crippen molar-refractivity contribution < 1.29 is 0 Å². The zero-order chi connectivity index (χ0) is 8.77. The third-order valence-electron chi connectivity index (χ3n) is 4.61. The Labute approximate surface area is 76.7 Å². The predicted octanol–water partition coefficient (Wildman–Crippen LogP) is 3.86. The van der Waals surface area contributed by atoms with Gasteiger partial charge in [0, 0.05) is 0 Å². The van der Waals surface area contributed by atoms with Gasteiger partial charge in [-0.3, -0.25) is 0 Å². The summed E-state index contributed by atoms with van der Waals surface area (Å²) in [6.45, 7) is 7.15. The Hall–Kier alpha value is 0. The lowest BCUT2D eigenvalue weighted by molar-refractivity contribution is 0.127. The Morgan fingerprint density at radius 2 is 1.92 bits per heavy atom. The van der Waals surface area contributed by atoms with Crippen LogP contribution in [-0.4, -0.2) is 0 Å². The Bertz CT molecular complexity index is 165. The average Bonchev–Trinajstić information content (AvgIpc) is 2.56. The lowest BCUT2D eigenvalue weighted by Crippen LogP contribution is -2.27. The Balaban J connectivity index is 1.81. The molecule has 0 saturated heterocycles. The van der Waals surface area contributed by atoms with Crippen LogP contribution in [0.1, 0.15) is 52.9 Å². The first-order valence-electron chi connectivity index (χ1n) is 5.74. The Morgan fingerprint density at radius 1 is 1.25 bits per heavy atom. The minimum atomic E-state index is 0.870. The molecule has 0 N–H and O–H groups in total. The minimum absolute atomic E-state index is 0.870. The molecule has 2 rings (SSSR count). The molecule has 0 aromatic rings. The van der Waals surface area contributed by atoms with Gasteiger partial charge in [-0.15, -0.1) is 0 Å². The van der Waals surface area contributed by atoms with Crippen LogP contribution in [0.3, 0.4) is 0 Å². The van der Waals surface area contributed by atoms with E-state index in [9.17, 15) is 0 Å². The molecule has 2 unspecified atom stereocenters. The van der Waals surface area contributed by atoms with Crippen molar-refractivity contribution >= 4 is 0 Å². The third-order valence-corrected chi connectivity index (χ3v) is 4.61. The van der Waals surface area contributed by atoms with Gasteiger partial charge in [0.05, 0.1) is 0 Å². The quantitative estimate of drug-likeness (QED) is 0.597. The standard InChI is InChI=1S/C12H22/c1-4-6-10-7-12(8-10)9(3)11(12)5-2/h9-11H,4-8H2,1-3H3. The zero-order valence-electron chi connectivity index (χ0n) is 8.77. The van der Waals surface area contributed by atoms with Crippen LogP contribution in [-0.2, 0) is 0 Å². The van der Waals surface area contributed by atoms with E-state index in [1.165, 1.54) is 19.3 Å². The molecule has 2 aliphatic carbocycles. The van der Waals surface area contributed by atoms with Crippen LogP contribution in [0.5, 0.6) is 0 Å². The van der Waals surface area contributed by atoms with E-state index in [-0.39, 0.29) is 0 Å². The van der Waals surface area contributed by atoms with E-state index in [1.54, 1.807) is 12.8 Å². The van der Waals surface area contributed by atoms with Crippen LogP contribution < -0.4 is 0 Å². The second-order valence-corrected chi connectivity index (χ2v) is 5.10. The molecule has 12 heavy (non-hydrogen) atoms. The third kappa shape index (κ3) is 0.963. The van der Waals surface area contributed by atoms with Crippen LogP contribution in [0, 0.1) is 23.2 Å². The molecule has 0 nitrogen and oxygen atoms in total. The highest BCUT2D eigenvalue weighted by Crippen LogP contribution is 2.73. The smallest absolute Gasteiger partial charge is 0.0233 e. The van der Waals surface area contributed by atoms with Gasteiger partial charge in [0.2, 0.25) is 0 Å². The van der Waals surface area contributed by atoms with Gasteiger partial charge in [0.25, 0.3) is 0 Å². The Morgan fingerprint density at radius 3 is 2.33 bits per heavy atom. The fraction of sp³-hybridized carbons (Fsp3) is 1.00. The Kier molecular flexibility index (Phi) is 1.97. The summed E-state index contributed by atoms with van der Waals surface area (Å²) in [6, 6.07) is 0. The zero-order valence-corrected chi connectivity index (χ0v) is 8.77. The first-order valence-corrected chi connectivity index (χ1v) is 5.74. The molecule has 0 aromatic carbocycles. The molecule has 0 amide bonds. The molecule has 2 aliphatic rings. The fourth-order valence-corrected chi connectivity index (χ4v) is 3.86. The summed E-state index contributed by atoms with van der Waals surface area (Å²) in [7, 11) is 0. The highest BCUT2D eigenvalue weighted by molar-refractivity contribution is 5.14. The predicted molar refractivity (Wildman–Crippen MR) is 53.0 cm³/mol. The van der Waals surface area contributed by atoms with Crippen molar-refractivity contribution in [2.75, 3.05) is 0 Å². The van der Waals surface area contributed by atoms with Gasteiger partial charge >= 0.3 is 0 Å². The monoisotopic (exact) mass is 166 g/mol. The summed E-state index contributed by atoms with van der Waals surface area (Å²) in [6.07, 6.45) is 7.46. The minimum Gasteiger partial charge on any atom is -0.0654 e. The molecule has 2 saturated carbocycles. The SMILES string of the molecule is CCCC1CC2(C1)C(C)C2CC.